The molecule has 0 saturated heterocycles. The third-order valence-corrected chi connectivity index (χ3v) is 6.23. The molecule has 2 nitrogen and oxygen atoms in total. The zero-order valence-electron chi connectivity index (χ0n) is 9.93. The van der Waals surface area contributed by atoms with E-state index in [0.29, 0.717) is 20.0 Å². The van der Waals surface area contributed by atoms with E-state index in [2.05, 4.69) is 4.98 Å². The van der Waals surface area contributed by atoms with Crippen LogP contribution in [0, 0.1) is 0 Å². The van der Waals surface area contributed by atoms with E-state index >= 15 is 0 Å². The van der Waals surface area contributed by atoms with E-state index < -0.39 is 0 Å². The molecule has 0 amide bonds. The fourth-order valence-electron chi connectivity index (χ4n) is 1.65. The summed E-state index contributed by atoms with van der Waals surface area (Å²) in [5, 5.41) is 0. The number of para-hydroxylation sites is 1. The van der Waals surface area contributed by atoms with Gasteiger partial charge in [0, 0.05) is 5.56 Å². The number of carbonyl (C=O) groups is 1. The summed E-state index contributed by atoms with van der Waals surface area (Å²) in [4.78, 5) is 16.6. The maximum atomic E-state index is 12.1. The number of thioether (sulfide) groups is 1. The van der Waals surface area contributed by atoms with Crippen molar-refractivity contribution in [1.82, 2.24) is 4.98 Å². The quantitative estimate of drug-likeness (QED) is 0.445. The van der Waals surface area contributed by atoms with Gasteiger partial charge in [0.2, 0.25) is 0 Å². The molecule has 0 aliphatic carbocycles. The highest BCUT2D eigenvalue weighted by Crippen LogP contribution is 2.34. The number of hydrogen-bond acceptors (Lipinski definition) is 5. The van der Waals surface area contributed by atoms with Crippen LogP contribution in [0.3, 0.4) is 0 Å². The fraction of sp³-hybridized carbons (Fsp3) is 0.0769. The molecule has 20 heavy (non-hydrogen) atoms. The van der Waals surface area contributed by atoms with Gasteiger partial charge in [-0.3, -0.25) is 4.79 Å². The van der Waals surface area contributed by atoms with Crippen LogP contribution in [0.15, 0.2) is 34.7 Å². The molecule has 0 unspecified atom stereocenters. The predicted octanol–water partition coefficient (Wildman–Crippen LogP) is 5.64. The van der Waals surface area contributed by atoms with Crippen LogP contribution >= 0.6 is 57.6 Å². The normalized spacial score (nSPS) is 11.1. The zero-order valence-corrected chi connectivity index (χ0v) is 13.9. The summed E-state index contributed by atoms with van der Waals surface area (Å²) in [5.41, 5.74) is 1.46. The van der Waals surface area contributed by atoms with Crippen LogP contribution in [0.2, 0.25) is 8.67 Å². The molecule has 0 bridgehead atoms. The van der Waals surface area contributed by atoms with Crippen molar-refractivity contribution in [2.24, 2.45) is 0 Å². The maximum Gasteiger partial charge on any atom is 0.175 e. The van der Waals surface area contributed by atoms with E-state index in [-0.39, 0.29) is 5.78 Å². The summed E-state index contributed by atoms with van der Waals surface area (Å²) in [6.07, 6.45) is 0. The average molecular weight is 360 g/mol. The number of thiazole rings is 1. The van der Waals surface area contributed by atoms with Crippen molar-refractivity contribution < 1.29 is 4.79 Å². The zero-order chi connectivity index (χ0) is 14.1. The molecule has 0 aliphatic rings. The fourth-order valence-corrected chi connectivity index (χ4v) is 5.10. The van der Waals surface area contributed by atoms with Crippen molar-refractivity contribution >= 4 is 73.6 Å². The second-order valence-electron chi connectivity index (χ2n) is 3.90. The van der Waals surface area contributed by atoms with Crippen LogP contribution in [0.4, 0.5) is 0 Å². The highest BCUT2D eigenvalue weighted by molar-refractivity contribution is 8.01. The minimum atomic E-state index is -0.0255. The van der Waals surface area contributed by atoms with Crippen LogP contribution in [-0.4, -0.2) is 16.5 Å². The van der Waals surface area contributed by atoms with Crippen molar-refractivity contribution in [1.29, 1.82) is 0 Å². The topological polar surface area (TPSA) is 30.0 Å². The number of nitrogens with zero attached hydrogens (tertiary/aromatic N) is 1. The molecule has 7 heteroatoms. The summed E-state index contributed by atoms with van der Waals surface area (Å²) in [7, 11) is 0. The van der Waals surface area contributed by atoms with E-state index in [0.717, 1.165) is 14.6 Å². The van der Waals surface area contributed by atoms with Gasteiger partial charge in [0.25, 0.3) is 0 Å². The van der Waals surface area contributed by atoms with Gasteiger partial charge in [-0.1, -0.05) is 47.1 Å². The molecule has 3 rings (SSSR count). The molecule has 0 N–H and O–H groups in total. The summed E-state index contributed by atoms with van der Waals surface area (Å²) >= 11 is 16.0. The lowest BCUT2D eigenvalue weighted by Gasteiger charge is -1.96. The Balaban J connectivity index is 1.73. The number of hydrogen-bond donors (Lipinski definition) is 0. The van der Waals surface area contributed by atoms with Crippen LogP contribution in [0.25, 0.3) is 10.2 Å². The lowest BCUT2D eigenvalue weighted by Crippen LogP contribution is -2.00. The molecule has 0 aliphatic heterocycles. The number of fused-ring (bicyclic) bond motifs is 1. The predicted molar refractivity (Wildman–Crippen MR) is 89.0 cm³/mol. The van der Waals surface area contributed by atoms with Gasteiger partial charge in [-0.15, -0.1) is 22.7 Å². The molecule has 2 aromatic heterocycles. The molecule has 1 aromatic carbocycles. The summed E-state index contributed by atoms with van der Waals surface area (Å²) < 4.78 is 2.99. The number of Topliss-reactive ketones (excluding diaryl/α,β-unsaturated/α-hetero) is 1. The van der Waals surface area contributed by atoms with E-state index in [9.17, 15) is 4.79 Å². The first kappa shape index (κ1) is 14.4. The summed E-state index contributed by atoms with van der Waals surface area (Å²) in [6.45, 7) is 0. The number of carbonyl (C=O) groups excluding carboxylic acids is 1. The number of halogens is 2. The Morgan fingerprint density at radius 2 is 2.05 bits per heavy atom. The summed E-state index contributed by atoms with van der Waals surface area (Å²) in [5.74, 6) is 0.287. The van der Waals surface area contributed by atoms with Gasteiger partial charge in [0.05, 0.1) is 20.3 Å². The Hall–Kier alpha value is -0.590. The number of rotatable bonds is 4. The van der Waals surface area contributed by atoms with Crippen molar-refractivity contribution in [3.05, 3.63) is 44.6 Å². The van der Waals surface area contributed by atoms with E-state index in [1.807, 2.05) is 24.3 Å². The van der Waals surface area contributed by atoms with Crippen LogP contribution in [-0.2, 0) is 0 Å². The van der Waals surface area contributed by atoms with Crippen LogP contribution in [0.1, 0.15) is 10.4 Å². The van der Waals surface area contributed by atoms with Gasteiger partial charge in [0.1, 0.15) is 4.34 Å². The molecule has 0 fully saturated rings. The highest BCUT2D eigenvalue weighted by Gasteiger charge is 2.15. The molecule has 2 heterocycles. The minimum absolute atomic E-state index is 0.0255. The number of ketones is 1. The number of aromatic nitrogens is 1. The van der Waals surface area contributed by atoms with E-state index in [4.69, 9.17) is 23.2 Å². The highest BCUT2D eigenvalue weighted by atomic mass is 35.5. The van der Waals surface area contributed by atoms with Gasteiger partial charge < -0.3 is 0 Å². The summed E-state index contributed by atoms with van der Waals surface area (Å²) in [6, 6.07) is 9.54. The Morgan fingerprint density at radius 3 is 2.75 bits per heavy atom. The van der Waals surface area contributed by atoms with Crippen molar-refractivity contribution in [2.45, 2.75) is 4.34 Å². The molecular formula is C13H7Cl2NOS3. The van der Waals surface area contributed by atoms with Gasteiger partial charge in [-0.05, 0) is 18.2 Å². The lowest BCUT2D eigenvalue weighted by atomic mass is 10.2. The van der Waals surface area contributed by atoms with E-state index in [1.54, 1.807) is 17.4 Å². The molecule has 0 saturated carbocycles. The Labute approximate surface area is 137 Å². The second-order valence-corrected chi connectivity index (χ2v) is 8.44. The standard InChI is InChI=1S/C13H7Cl2NOS3/c14-11-5-7(12(15)20-11)9(17)6-18-13-16-8-3-1-2-4-10(8)19-13/h1-5H,6H2. The minimum Gasteiger partial charge on any atom is -0.293 e. The third kappa shape index (κ3) is 3.02. The van der Waals surface area contributed by atoms with Gasteiger partial charge in [-0.25, -0.2) is 4.98 Å². The van der Waals surface area contributed by atoms with Crippen molar-refractivity contribution in [2.75, 3.05) is 5.75 Å². The monoisotopic (exact) mass is 359 g/mol. The first-order valence-electron chi connectivity index (χ1n) is 5.60. The van der Waals surface area contributed by atoms with Gasteiger partial charge in [0.15, 0.2) is 10.1 Å². The smallest absolute Gasteiger partial charge is 0.175 e. The molecule has 102 valence electrons. The Kier molecular flexibility index (Phi) is 4.33. The molecule has 0 spiro atoms. The lowest BCUT2D eigenvalue weighted by molar-refractivity contribution is 0.102. The van der Waals surface area contributed by atoms with Crippen molar-refractivity contribution in [3.63, 3.8) is 0 Å². The van der Waals surface area contributed by atoms with Crippen LogP contribution in [0.5, 0.6) is 0 Å². The van der Waals surface area contributed by atoms with Gasteiger partial charge in [-0.2, -0.15) is 0 Å². The Morgan fingerprint density at radius 1 is 1.25 bits per heavy atom. The van der Waals surface area contributed by atoms with Crippen LogP contribution < -0.4 is 0 Å². The Bertz CT molecular complexity index is 748. The first-order chi connectivity index (χ1) is 9.63. The third-order valence-electron chi connectivity index (χ3n) is 2.56. The molecule has 0 atom stereocenters. The van der Waals surface area contributed by atoms with E-state index in [1.165, 1.54) is 23.1 Å². The largest absolute Gasteiger partial charge is 0.293 e. The molecule has 0 radical (unpaired) electrons. The SMILES string of the molecule is O=C(CSc1nc2ccccc2s1)c1cc(Cl)sc1Cl. The molecular weight excluding hydrogens is 353 g/mol. The number of benzene rings is 1. The maximum absolute atomic E-state index is 12.1. The number of thiophene rings is 1. The second kappa shape index (κ2) is 6.03. The van der Waals surface area contributed by atoms with Crippen molar-refractivity contribution in [3.8, 4) is 0 Å². The van der Waals surface area contributed by atoms with Gasteiger partial charge >= 0.3 is 0 Å². The first-order valence-corrected chi connectivity index (χ1v) is 8.97. The average Bonchev–Trinajstić information content (AvgIpc) is 2.98. The molecule has 3 aromatic rings.